The fourth-order valence-electron chi connectivity index (χ4n) is 1.66. The minimum absolute atomic E-state index is 0.0944. The highest BCUT2D eigenvalue weighted by molar-refractivity contribution is 6.08. The SMILES string of the molecule is CCC=C(C)C(=O)c1ccc(OCCCC)cc1. The first-order chi connectivity index (χ1) is 8.69. The zero-order valence-corrected chi connectivity index (χ0v) is 11.5. The van der Waals surface area contributed by atoms with Crippen molar-refractivity contribution in [1.82, 2.24) is 0 Å². The summed E-state index contributed by atoms with van der Waals surface area (Å²) in [6.07, 6.45) is 5.01. The Morgan fingerprint density at radius 1 is 1.22 bits per heavy atom. The van der Waals surface area contributed by atoms with Gasteiger partial charge in [-0.15, -0.1) is 0 Å². The second-order valence-corrected chi connectivity index (χ2v) is 4.35. The van der Waals surface area contributed by atoms with E-state index in [1.54, 1.807) is 0 Å². The van der Waals surface area contributed by atoms with Crippen LogP contribution in [0.15, 0.2) is 35.9 Å². The summed E-state index contributed by atoms with van der Waals surface area (Å²) >= 11 is 0. The molecular weight excluding hydrogens is 224 g/mol. The number of benzene rings is 1. The number of hydrogen-bond acceptors (Lipinski definition) is 2. The molecular formula is C16H22O2. The van der Waals surface area contributed by atoms with Crippen LogP contribution in [0.25, 0.3) is 0 Å². The van der Waals surface area contributed by atoms with Crippen LogP contribution in [0.1, 0.15) is 50.4 Å². The third kappa shape index (κ3) is 4.36. The molecule has 0 aliphatic carbocycles. The number of ether oxygens (including phenoxy) is 1. The Bertz CT molecular complexity index is 402. The number of rotatable bonds is 7. The predicted octanol–water partition coefficient (Wildman–Crippen LogP) is 4.40. The van der Waals surface area contributed by atoms with Crippen molar-refractivity contribution in [2.75, 3.05) is 6.61 Å². The van der Waals surface area contributed by atoms with Gasteiger partial charge in [0, 0.05) is 5.56 Å². The zero-order chi connectivity index (χ0) is 13.4. The second-order valence-electron chi connectivity index (χ2n) is 4.35. The lowest BCUT2D eigenvalue weighted by Gasteiger charge is -2.06. The normalized spacial score (nSPS) is 11.4. The van der Waals surface area contributed by atoms with E-state index in [1.165, 1.54) is 0 Å². The first-order valence-corrected chi connectivity index (χ1v) is 6.63. The highest BCUT2D eigenvalue weighted by Gasteiger charge is 2.07. The van der Waals surface area contributed by atoms with Gasteiger partial charge in [-0.05, 0) is 49.6 Å². The summed E-state index contributed by atoms with van der Waals surface area (Å²) in [6, 6.07) is 7.39. The average Bonchev–Trinajstić information content (AvgIpc) is 2.39. The molecule has 0 unspecified atom stereocenters. The van der Waals surface area contributed by atoms with E-state index in [-0.39, 0.29) is 5.78 Å². The maximum atomic E-state index is 12.0. The summed E-state index contributed by atoms with van der Waals surface area (Å²) in [5.41, 5.74) is 1.53. The summed E-state index contributed by atoms with van der Waals surface area (Å²) in [5.74, 6) is 0.925. The molecule has 0 N–H and O–H groups in total. The summed E-state index contributed by atoms with van der Waals surface area (Å²) in [7, 11) is 0. The molecule has 0 saturated carbocycles. The van der Waals surface area contributed by atoms with Crippen molar-refractivity contribution in [3.8, 4) is 5.75 Å². The van der Waals surface area contributed by atoms with Crippen molar-refractivity contribution in [3.63, 3.8) is 0 Å². The van der Waals surface area contributed by atoms with Crippen LogP contribution in [-0.4, -0.2) is 12.4 Å². The Morgan fingerprint density at radius 3 is 2.44 bits per heavy atom. The first-order valence-electron chi connectivity index (χ1n) is 6.63. The van der Waals surface area contributed by atoms with Crippen LogP contribution < -0.4 is 4.74 Å². The number of allylic oxidation sites excluding steroid dienone is 2. The molecule has 1 aromatic carbocycles. The van der Waals surface area contributed by atoms with Gasteiger partial charge in [0.25, 0.3) is 0 Å². The highest BCUT2D eigenvalue weighted by Crippen LogP contribution is 2.15. The molecule has 2 heteroatoms. The van der Waals surface area contributed by atoms with E-state index < -0.39 is 0 Å². The van der Waals surface area contributed by atoms with Gasteiger partial charge in [-0.2, -0.15) is 0 Å². The van der Waals surface area contributed by atoms with Gasteiger partial charge >= 0.3 is 0 Å². The summed E-state index contributed by atoms with van der Waals surface area (Å²) in [6.45, 7) is 6.76. The fraction of sp³-hybridized carbons (Fsp3) is 0.438. The van der Waals surface area contributed by atoms with E-state index in [0.29, 0.717) is 0 Å². The van der Waals surface area contributed by atoms with Crippen LogP contribution in [0.3, 0.4) is 0 Å². The Labute approximate surface area is 110 Å². The lowest BCUT2D eigenvalue weighted by Crippen LogP contribution is -2.01. The van der Waals surface area contributed by atoms with Crippen molar-refractivity contribution in [1.29, 1.82) is 0 Å². The molecule has 0 amide bonds. The van der Waals surface area contributed by atoms with E-state index >= 15 is 0 Å². The van der Waals surface area contributed by atoms with Gasteiger partial charge in [0.15, 0.2) is 5.78 Å². The Balaban J connectivity index is 2.65. The van der Waals surface area contributed by atoms with Crippen LogP contribution >= 0.6 is 0 Å². The number of carbonyl (C=O) groups is 1. The van der Waals surface area contributed by atoms with Crippen LogP contribution in [0.5, 0.6) is 5.75 Å². The summed E-state index contributed by atoms with van der Waals surface area (Å²) in [4.78, 5) is 12.0. The van der Waals surface area contributed by atoms with Gasteiger partial charge < -0.3 is 4.74 Å². The van der Waals surface area contributed by atoms with Gasteiger partial charge in [0.2, 0.25) is 0 Å². The maximum absolute atomic E-state index is 12.0. The Morgan fingerprint density at radius 2 is 1.89 bits per heavy atom. The van der Waals surface area contributed by atoms with E-state index in [1.807, 2.05) is 44.2 Å². The van der Waals surface area contributed by atoms with Crippen molar-refractivity contribution in [3.05, 3.63) is 41.5 Å². The molecule has 0 aromatic heterocycles. The van der Waals surface area contributed by atoms with Gasteiger partial charge in [0.1, 0.15) is 5.75 Å². The molecule has 0 heterocycles. The van der Waals surface area contributed by atoms with Gasteiger partial charge in [-0.3, -0.25) is 4.79 Å². The van der Waals surface area contributed by atoms with E-state index in [4.69, 9.17) is 4.74 Å². The minimum atomic E-state index is 0.0944. The Kier molecular flexibility index (Phi) is 6.20. The monoisotopic (exact) mass is 246 g/mol. The van der Waals surface area contributed by atoms with E-state index in [9.17, 15) is 4.79 Å². The maximum Gasteiger partial charge on any atom is 0.188 e. The summed E-state index contributed by atoms with van der Waals surface area (Å²) in [5, 5.41) is 0. The molecule has 1 aromatic rings. The van der Waals surface area contributed by atoms with Crippen molar-refractivity contribution in [2.45, 2.75) is 40.0 Å². The molecule has 0 spiro atoms. The third-order valence-corrected chi connectivity index (χ3v) is 2.75. The van der Waals surface area contributed by atoms with Crippen LogP contribution in [0.2, 0.25) is 0 Å². The molecule has 0 radical (unpaired) electrons. The standard InChI is InChI=1S/C16H22O2/c1-4-6-12-18-15-10-8-14(9-11-15)16(17)13(3)7-5-2/h7-11H,4-6,12H2,1-3H3. The minimum Gasteiger partial charge on any atom is -0.494 e. The molecule has 0 aliphatic heterocycles. The molecule has 0 bridgehead atoms. The average molecular weight is 246 g/mol. The zero-order valence-electron chi connectivity index (χ0n) is 11.5. The number of unbranched alkanes of at least 4 members (excludes halogenated alkanes) is 1. The molecule has 18 heavy (non-hydrogen) atoms. The van der Waals surface area contributed by atoms with Crippen LogP contribution in [-0.2, 0) is 0 Å². The molecule has 0 saturated heterocycles. The first kappa shape index (κ1) is 14.5. The molecule has 0 aliphatic rings. The van der Waals surface area contributed by atoms with Crippen molar-refractivity contribution < 1.29 is 9.53 Å². The predicted molar refractivity (Wildman–Crippen MR) is 75.2 cm³/mol. The highest BCUT2D eigenvalue weighted by atomic mass is 16.5. The lowest BCUT2D eigenvalue weighted by molar-refractivity contribution is 0.103. The summed E-state index contributed by atoms with van der Waals surface area (Å²) < 4.78 is 5.56. The smallest absolute Gasteiger partial charge is 0.188 e. The number of ketones is 1. The van der Waals surface area contributed by atoms with Gasteiger partial charge in [-0.1, -0.05) is 26.3 Å². The number of carbonyl (C=O) groups excluding carboxylic acids is 1. The topological polar surface area (TPSA) is 26.3 Å². The van der Waals surface area contributed by atoms with E-state index in [0.717, 1.165) is 42.8 Å². The second kappa shape index (κ2) is 7.70. The largest absolute Gasteiger partial charge is 0.494 e. The van der Waals surface area contributed by atoms with Gasteiger partial charge in [0.05, 0.1) is 6.61 Å². The molecule has 98 valence electrons. The fourth-order valence-corrected chi connectivity index (χ4v) is 1.66. The van der Waals surface area contributed by atoms with E-state index in [2.05, 4.69) is 6.92 Å². The number of Topliss-reactive ketones (excluding diaryl/α,β-unsaturated/α-hetero) is 1. The number of hydrogen-bond donors (Lipinski definition) is 0. The molecule has 2 nitrogen and oxygen atoms in total. The van der Waals surface area contributed by atoms with Crippen LogP contribution in [0.4, 0.5) is 0 Å². The third-order valence-electron chi connectivity index (χ3n) is 2.75. The molecule has 0 fully saturated rings. The Hall–Kier alpha value is -1.57. The molecule has 0 atom stereocenters. The van der Waals surface area contributed by atoms with Gasteiger partial charge in [-0.25, -0.2) is 0 Å². The lowest BCUT2D eigenvalue weighted by atomic mass is 10.0. The van der Waals surface area contributed by atoms with Crippen molar-refractivity contribution >= 4 is 5.78 Å². The quantitative estimate of drug-likeness (QED) is 0.405. The van der Waals surface area contributed by atoms with Crippen LogP contribution in [0, 0.1) is 0 Å². The van der Waals surface area contributed by atoms with Crippen molar-refractivity contribution in [2.24, 2.45) is 0 Å². The molecule has 1 rings (SSSR count).